The van der Waals surface area contributed by atoms with Crippen LogP contribution >= 0.6 is 0 Å². The number of hydrogen-bond acceptors (Lipinski definition) is 3. The Morgan fingerprint density at radius 1 is 1.08 bits per heavy atom. The quantitative estimate of drug-likeness (QED) is 0.767. The minimum Gasteiger partial charge on any atom is -0.385 e. The Morgan fingerprint density at radius 2 is 1.88 bits per heavy atom. The zero-order chi connectivity index (χ0) is 17.4. The van der Waals surface area contributed by atoms with Gasteiger partial charge in [-0.25, -0.2) is 4.39 Å². The van der Waals surface area contributed by atoms with Crippen molar-refractivity contribution in [2.75, 3.05) is 25.6 Å². The molecule has 0 atom stereocenters. The molecule has 0 aliphatic heterocycles. The topological polar surface area (TPSA) is 67.4 Å². The number of rotatable bonds is 7. The number of methoxy groups -OCH3 is 1. The highest BCUT2D eigenvalue weighted by atomic mass is 19.1. The van der Waals surface area contributed by atoms with Gasteiger partial charge >= 0.3 is 0 Å². The molecule has 0 saturated carbocycles. The van der Waals surface area contributed by atoms with Crippen molar-refractivity contribution in [1.29, 1.82) is 0 Å². The van der Waals surface area contributed by atoms with Crippen molar-refractivity contribution >= 4 is 17.5 Å². The van der Waals surface area contributed by atoms with Gasteiger partial charge in [-0.2, -0.15) is 0 Å². The molecule has 0 bridgehead atoms. The van der Waals surface area contributed by atoms with Gasteiger partial charge in [0.15, 0.2) is 0 Å². The summed E-state index contributed by atoms with van der Waals surface area (Å²) in [7, 11) is 1.60. The van der Waals surface area contributed by atoms with E-state index in [1.807, 2.05) is 0 Å². The molecule has 2 N–H and O–H groups in total. The number of ether oxygens (including phenoxy) is 1. The smallest absolute Gasteiger partial charge is 0.255 e. The summed E-state index contributed by atoms with van der Waals surface area (Å²) in [5, 5.41) is 5.41. The molecule has 6 heteroatoms. The maximum Gasteiger partial charge on any atom is 0.255 e. The van der Waals surface area contributed by atoms with E-state index in [-0.39, 0.29) is 11.5 Å². The van der Waals surface area contributed by atoms with Gasteiger partial charge in [0, 0.05) is 25.8 Å². The van der Waals surface area contributed by atoms with Crippen LogP contribution in [0.4, 0.5) is 10.1 Å². The second-order valence-corrected chi connectivity index (χ2v) is 5.11. The predicted octanol–water partition coefficient (Wildman–Crippen LogP) is 2.84. The van der Waals surface area contributed by atoms with Crippen LogP contribution in [-0.4, -0.2) is 32.1 Å². The van der Waals surface area contributed by atoms with E-state index in [0.29, 0.717) is 30.8 Å². The van der Waals surface area contributed by atoms with Gasteiger partial charge < -0.3 is 15.4 Å². The molecule has 0 heterocycles. The molecule has 2 amide bonds. The number of anilines is 1. The monoisotopic (exact) mass is 330 g/mol. The maximum absolute atomic E-state index is 13.2. The lowest BCUT2D eigenvalue weighted by Crippen LogP contribution is -2.26. The molecule has 5 nitrogen and oxygen atoms in total. The van der Waals surface area contributed by atoms with Crippen LogP contribution in [0.5, 0.6) is 0 Å². The average Bonchev–Trinajstić information content (AvgIpc) is 2.59. The minimum absolute atomic E-state index is 0.185. The standard InChI is InChI=1S/C18H19FN2O3/c1-24-11-5-10-20-18(23)15-8-2-3-9-16(15)21-17(22)13-6-4-7-14(19)12-13/h2-4,6-9,12H,5,10-11H2,1H3,(H,20,23)(H,21,22). The number of para-hydroxylation sites is 1. The zero-order valence-corrected chi connectivity index (χ0v) is 13.3. The molecule has 2 rings (SSSR count). The lowest BCUT2D eigenvalue weighted by molar-refractivity contribution is 0.0949. The summed E-state index contributed by atoms with van der Waals surface area (Å²) in [6.45, 7) is 1.02. The van der Waals surface area contributed by atoms with Gasteiger partial charge in [-0.3, -0.25) is 9.59 Å². The summed E-state index contributed by atoms with van der Waals surface area (Å²) < 4.78 is 18.1. The number of carbonyl (C=O) groups is 2. The molecule has 0 radical (unpaired) electrons. The first kappa shape index (κ1) is 17.6. The average molecular weight is 330 g/mol. The van der Waals surface area contributed by atoms with Gasteiger partial charge in [-0.05, 0) is 36.8 Å². The molecule has 0 unspecified atom stereocenters. The molecule has 0 spiro atoms. The molecule has 126 valence electrons. The van der Waals surface area contributed by atoms with E-state index in [0.717, 1.165) is 6.07 Å². The van der Waals surface area contributed by atoms with Crippen molar-refractivity contribution in [2.24, 2.45) is 0 Å². The molecule has 0 aliphatic rings. The van der Waals surface area contributed by atoms with Crippen LogP contribution in [0.25, 0.3) is 0 Å². The van der Waals surface area contributed by atoms with E-state index in [9.17, 15) is 14.0 Å². The summed E-state index contributed by atoms with van der Waals surface area (Å²) in [4.78, 5) is 24.5. The molecule has 24 heavy (non-hydrogen) atoms. The van der Waals surface area contributed by atoms with Gasteiger partial charge in [0.1, 0.15) is 5.82 Å². The van der Waals surface area contributed by atoms with Gasteiger partial charge in [-0.15, -0.1) is 0 Å². The van der Waals surface area contributed by atoms with Crippen LogP contribution in [0.2, 0.25) is 0 Å². The molecular weight excluding hydrogens is 311 g/mol. The first-order chi connectivity index (χ1) is 11.6. The van der Waals surface area contributed by atoms with Gasteiger partial charge in [-0.1, -0.05) is 18.2 Å². The molecule has 2 aromatic rings. The summed E-state index contributed by atoms with van der Waals surface area (Å²) in [5.74, 6) is -1.26. The Labute approximate surface area is 139 Å². The van der Waals surface area contributed by atoms with Crippen LogP contribution in [0.3, 0.4) is 0 Å². The lowest BCUT2D eigenvalue weighted by Gasteiger charge is -2.11. The Bertz CT molecular complexity index is 719. The first-order valence-corrected chi connectivity index (χ1v) is 7.55. The summed E-state index contributed by atoms with van der Waals surface area (Å²) in [6, 6.07) is 12.0. The van der Waals surface area contributed by atoms with E-state index in [2.05, 4.69) is 10.6 Å². The molecule has 0 fully saturated rings. The van der Waals surface area contributed by atoms with Crippen LogP contribution in [0.1, 0.15) is 27.1 Å². The highest BCUT2D eigenvalue weighted by Crippen LogP contribution is 2.16. The normalized spacial score (nSPS) is 10.2. The van der Waals surface area contributed by atoms with Crippen LogP contribution < -0.4 is 10.6 Å². The molecular formula is C18H19FN2O3. The number of hydrogen-bond donors (Lipinski definition) is 2. The van der Waals surface area contributed by atoms with Crippen molar-refractivity contribution in [3.63, 3.8) is 0 Å². The van der Waals surface area contributed by atoms with Crippen LogP contribution in [-0.2, 0) is 4.74 Å². The number of nitrogens with one attached hydrogen (secondary N) is 2. The Balaban J connectivity index is 2.08. The van der Waals surface area contributed by atoms with E-state index < -0.39 is 11.7 Å². The number of carbonyl (C=O) groups excluding carboxylic acids is 2. The lowest BCUT2D eigenvalue weighted by atomic mass is 10.1. The predicted molar refractivity (Wildman–Crippen MR) is 89.6 cm³/mol. The second-order valence-electron chi connectivity index (χ2n) is 5.11. The highest BCUT2D eigenvalue weighted by Gasteiger charge is 2.14. The third-order valence-electron chi connectivity index (χ3n) is 3.32. The molecule has 0 aliphatic carbocycles. The van der Waals surface area contributed by atoms with Crippen molar-refractivity contribution in [3.8, 4) is 0 Å². The molecule has 0 saturated heterocycles. The minimum atomic E-state index is -0.494. The van der Waals surface area contributed by atoms with E-state index in [1.165, 1.54) is 18.2 Å². The Hall–Kier alpha value is -2.73. The number of halogens is 1. The maximum atomic E-state index is 13.2. The molecule has 2 aromatic carbocycles. The van der Waals surface area contributed by atoms with Gasteiger partial charge in [0.05, 0.1) is 11.3 Å². The third kappa shape index (κ3) is 4.89. The van der Waals surface area contributed by atoms with Crippen molar-refractivity contribution in [1.82, 2.24) is 5.32 Å². The first-order valence-electron chi connectivity index (χ1n) is 7.55. The fraction of sp³-hybridized carbons (Fsp3) is 0.222. The highest BCUT2D eigenvalue weighted by molar-refractivity contribution is 6.08. The summed E-state index contributed by atoms with van der Waals surface area (Å²) in [6.07, 6.45) is 0.695. The zero-order valence-electron chi connectivity index (χ0n) is 13.3. The van der Waals surface area contributed by atoms with Crippen molar-refractivity contribution in [2.45, 2.75) is 6.42 Å². The van der Waals surface area contributed by atoms with Crippen molar-refractivity contribution in [3.05, 3.63) is 65.5 Å². The summed E-state index contributed by atoms with van der Waals surface area (Å²) in [5.41, 5.74) is 0.904. The van der Waals surface area contributed by atoms with Crippen LogP contribution in [0.15, 0.2) is 48.5 Å². The number of amides is 2. The van der Waals surface area contributed by atoms with Gasteiger partial charge in [0.25, 0.3) is 11.8 Å². The Kier molecular flexibility index (Phi) is 6.45. The Morgan fingerprint density at radius 3 is 2.62 bits per heavy atom. The number of benzene rings is 2. The van der Waals surface area contributed by atoms with E-state index in [4.69, 9.17) is 4.74 Å². The third-order valence-corrected chi connectivity index (χ3v) is 3.32. The largest absolute Gasteiger partial charge is 0.385 e. The van der Waals surface area contributed by atoms with E-state index >= 15 is 0 Å². The SMILES string of the molecule is COCCCNC(=O)c1ccccc1NC(=O)c1cccc(F)c1. The second kappa shape index (κ2) is 8.79. The summed E-state index contributed by atoms with van der Waals surface area (Å²) >= 11 is 0. The van der Waals surface area contributed by atoms with E-state index in [1.54, 1.807) is 31.4 Å². The van der Waals surface area contributed by atoms with Crippen molar-refractivity contribution < 1.29 is 18.7 Å². The molecule has 0 aromatic heterocycles. The fourth-order valence-corrected chi connectivity index (χ4v) is 2.13. The van der Waals surface area contributed by atoms with Crippen LogP contribution in [0, 0.1) is 5.82 Å². The fourth-order valence-electron chi connectivity index (χ4n) is 2.13. The van der Waals surface area contributed by atoms with Gasteiger partial charge in [0.2, 0.25) is 0 Å².